The summed E-state index contributed by atoms with van der Waals surface area (Å²) in [6.07, 6.45) is 0.516. The Kier molecular flexibility index (Phi) is 11.8. The zero-order chi connectivity index (χ0) is 21.6. The second-order valence-corrected chi connectivity index (χ2v) is 8.19. The van der Waals surface area contributed by atoms with Crippen molar-refractivity contribution in [2.75, 3.05) is 52.5 Å². The normalized spacial score (nSPS) is 17.7. The van der Waals surface area contributed by atoms with Crippen LogP contribution in [0.4, 0.5) is 0 Å². The molecule has 1 aromatic carbocycles. The van der Waals surface area contributed by atoms with Crippen molar-refractivity contribution in [3.63, 3.8) is 0 Å². The van der Waals surface area contributed by atoms with Crippen LogP contribution in [0.5, 0.6) is 0 Å². The average Bonchev–Trinajstić information content (AvgIpc) is 2.76. The van der Waals surface area contributed by atoms with E-state index < -0.39 is 6.10 Å². The summed E-state index contributed by atoms with van der Waals surface area (Å²) < 4.78 is 11.1. The van der Waals surface area contributed by atoms with E-state index in [1.807, 2.05) is 37.3 Å². The fourth-order valence-corrected chi connectivity index (χ4v) is 3.52. The van der Waals surface area contributed by atoms with Gasteiger partial charge in [0.15, 0.2) is 5.96 Å². The molecule has 3 N–H and O–H groups in total. The Morgan fingerprint density at radius 3 is 2.60 bits per heavy atom. The number of guanidine groups is 1. The largest absolute Gasteiger partial charge is 0.389 e. The van der Waals surface area contributed by atoms with Gasteiger partial charge in [0, 0.05) is 32.2 Å². The maximum atomic E-state index is 10.3. The van der Waals surface area contributed by atoms with Gasteiger partial charge in [-0.1, -0.05) is 44.2 Å². The van der Waals surface area contributed by atoms with Crippen molar-refractivity contribution in [2.24, 2.45) is 10.9 Å². The number of hydrogen-bond acceptors (Lipinski definition) is 5. The SMILES string of the molecule is CCNC(=NCC(CC(C)C)N1CCOCC1)NCC(O)COCc1ccccc1. The second kappa shape index (κ2) is 14.4. The fourth-order valence-electron chi connectivity index (χ4n) is 3.52. The summed E-state index contributed by atoms with van der Waals surface area (Å²) in [6.45, 7) is 12.8. The van der Waals surface area contributed by atoms with Gasteiger partial charge in [-0.25, -0.2) is 0 Å². The van der Waals surface area contributed by atoms with Crippen molar-refractivity contribution >= 4 is 5.96 Å². The number of aliphatic hydroxyl groups excluding tert-OH is 1. The summed E-state index contributed by atoms with van der Waals surface area (Å²) in [5.74, 6) is 1.36. The standard InChI is InChI=1S/C23H40N4O3/c1-4-24-23(25-15-21(14-19(2)3)27-10-12-29-13-11-27)26-16-22(28)18-30-17-20-8-6-5-7-9-20/h5-9,19,21-22,28H,4,10-18H2,1-3H3,(H2,24,25,26). The first-order valence-electron chi connectivity index (χ1n) is 11.2. The lowest BCUT2D eigenvalue weighted by molar-refractivity contribution is 0.0142. The maximum Gasteiger partial charge on any atom is 0.191 e. The van der Waals surface area contributed by atoms with Gasteiger partial charge in [-0.05, 0) is 24.8 Å². The molecule has 0 bridgehead atoms. The van der Waals surface area contributed by atoms with Gasteiger partial charge in [-0.3, -0.25) is 9.89 Å². The number of ether oxygens (including phenoxy) is 2. The summed E-state index contributed by atoms with van der Waals surface area (Å²) in [5, 5.41) is 16.8. The molecule has 1 fully saturated rings. The Morgan fingerprint density at radius 2 is 1.93 bits per heavy atom. The smallest absolute Gasteiger partial charge is 0.191 e. The van der Waals surface area contributed by atoms with Gasteiger partial charge in [0.2, 0.25) is 0 Å². The number of aliphatic imine (C=N–C) groups is 1. The molecule has 0 spiro atoms. The second-order valence-electron chi connectivity index (χ2n) is 8.19. The lowest BCUT2D eigenvalue weighted by Gasteiger charge is -2.34. The minimum absolute atomic E-state index is 0.283. The number of nitrogens with zero attached hydrogens (tertiary/aromatic N) is 2. The molecule has 1 aromatic rings. The third-order valence-corrected chi connectivity index (χ3v) is 5.04. The number of benzene rings is 1. The summed E-state index contributed by atoms with van der Waals surface area (Å²) >= 11 is 0. The van der Waals surface area contributed by atoms with E-state index >= 15 is 0 Å². The molecule has 2 unspecified atom stereocenters. The van der Waals surface area contributed by atoms with E-state index in [4.69, 9.17) is 14.5 Å². The van der Waals surface area contributed by atoms with Crippen LogP contribution in [0.15, 0.2) is 35.3 Å². The summed E-state index contributed by atoms with van der Waals surface area (Å²) in [6, 6.07) is 10.4. The molecular weight excluding hydrogens is 380 g/mol. The molecule has 1 heterocycles. The Bertz CT molecular complexity index is 591. The summed E-state index contributed by atoms with van der Waals surface area (Å²) in [7, 11) is 0. The van der Waals surface area contributed by atoms with Crippen molar-refractivity contribution in [3.05, 3.63) is 35.9 Å². The topological polar surface area (TPSA) is 78.4 Å². The molecule has 1 saturated heterocycles. The van der Waals surface area contributed by atoms with Gasteiger partial charge >= 0.3 is 0 Å². The first-order chi connectivity index (χ1) is 14.6. The Morgan fingerprint density at radius 1 is 1.20 bits per heavy atom. The molecule has 0 aliphatic carbocycles. The van der Waals surface area contributed by atoms with Crippen LogP contribution >= 0.6 is 0 Å². The van der Waals surface area contributed by atoms with Crippen molar-refractivity contribution in [3.8, 4) is 0 Å². The molecule has 7 heteroatoms. The highest BCUT2D eigenvalue weighted by Crippen LogP contribution is 2.14. The average molecular weight is 421 g/mol. The summed E-state index contributed by atoms with van der Waals surface area (Å²) in [4.78, 5) is 7.29. The zero-order valence-corrected chi connectivity index (χ0v) is 18.8. The Balaban J connectivity index is 1.79. The van der Waals surface area contributed by atoms with Crippen LogP contribution in [0.25, 0.3) is 0 Å². The van der Waals surface area contributed by atoms with Crippen molar-refractivity contribution < 1.29 is 14.6 Å². The highest BCUT2D eigenvalue weighted by molar-refractivity contribution is 5.79. The molecular formula is C23H40N4O3. The van der Waals surface area contributed by atoms with Crippen LogP contribution in [0, 0.1) is 5.92 Å². The first-order valence-corrected chi connectivity index (χ1v) is 11.2. The maximum absolute atomic E-state index is 10.3. The van der Waals surface area contributed by atoms with Gasteiger partial charge in [0.1, 0.15) is 0 Å². The van der Waals surface area contributed by atoms with Crippen LogP contribution in [0.1, 0.15) is 32.8 Å². The molecule has 1 aliphatic heterocycles. The van der Waals surface area contributed by atoms with Gasteiger partial charge in [-0.2, -0.15) is 0 Å². The molecule has 2 atom stereocenters. The van der Waals surface area contributed by atoms with E-state index in [0.29, 0.717) is 25.1 Å². The van der Waals surface area contributed by atoms with Crippen LogP contribution in [0.2, 0.25) is 0 Å². The lowest BCUT2D eigenvalue weighted by atomic mass is 10.0. The molecule has 1 aliphatic rings. The molecule has 2 rings (SSSR count). The molecule has 0 amide bonds. The van der Waals surface area contributed by atoms with Crippen molar-refractivity contribution in [1.82, 2.24) is 15.5 Å². The highest BCUT2D eigenvalue weighted by atomic mass is 16.5. The lowest BCUT2D eigenvalue weighted by Crippen LogP contribution is -2.47. The van der Waals surface area contributed by atoms with E-state index in [9.17, 15) is 5.11 Å². The van der Waals surface area contributed by atoms with E-state index in [1.165, 1.54) is 0 Å². The minimum atomic E-state index is -0.594. The third-order valence-electron chi connectivity index (χ3n) is 5.04. The van der Waals surface area contributed by atoms with Crippen LogP contribution in [0.3, 0.4) is 0 Å². The van der Waals surface area contributed by atoms with Gasteiger partial charge in [0.25, 0.3) is 0 Å². The fraction of sp³-hybridized carbons (Fsp3) is 0.696. The number of aliphatic hydroxyl groups is 1. The van der Waals surface area contributed by atoms with E-state index in [2.05, 4.69) is 29.4 Å². The van der Waals surface area contributed by atoms with Crippen LogP contribution in [-0.2, 0) is 16.1 Å². The molecule has 0 saturated carbocycles. The number of hydrogen-bond donors (Lipinski definition) is 3. The first kappa shape index (κ1) is 24.6. The predicted molar refractivity (Wildman–Crippen MR) is 122 cm³/mol. The monoisotopic (exact) mass is 420 g/mol. The zero-order valence-electron chi connectivity index (χ0n) is 18.8. The number of nitrogens with one attached hydrogen (secondary N) is 2. The molecule has 7 nitrogen and oxygen atoms in total. The van der Waals surface area contributed by atoms with Gasteiger partial charge in [-0.15, -0.1) is 0 Å². The number of rotatable bonds is 12. The molecule has 30 heavy (non-hydrogen) atoms. The summed E-state index contributed by atoms with van der Waals surface area (Å²) in [5.41, 5.74) is 1.10. The van der Waals surface area contributed by atoms with Crippen molar-refractivity contribution in [1.29, 1.82) is 0 Å². The van der Waals surface area contributed by atoms with E-state index in [1.54, 1.807) is 0 Å². The van der Waals surface area contributed by atoms with Gasteiger partial charge in [0.05, 0.1) is 39.1 Å². The van der Waals surface area contributed by atoms with Gasteiger partial charge < -0.3 is 25.2 Å². The predicted octanol–water partition coefficient (Wildman–Crippen LogP) is 1.87. The van der Waals surface area contributed by atoms with E-state index in [-0.39, 0.29) is 6.61 Å². The van der Waals surface area contributed by atoms with Crippen LogP contribution in [-0.4, -0.2) is 80.7 Å². The highest BCUT2D eigenvalue weighted by Gasteiger charge is 2.21. The third kappa shape index (κ3) is 9.89. The molecule has 0 radical (unpaired) electrons. The number of morpholine rings is 1. The van der Waals surface area contributed by atoms with E-state index in [0.717, 1.165) is 57.3 Å². The van der Waals surface area contributed by atoms with Crippen LogP contribution < -0.4 is 10.6 Å². The van der Waals surface area contributed by atoms with Crippen molar-refractivity contribution in [2.45, 2.75) is 45.9 Å². The minimum Gasteiger partial charge on any atom is -0.389 e. The Hall–Kier alpha value is -1.67. The molecule has 0 aromatic heterocycles. The quantitative estimate of drug-likeness (QED) is 0.354. The Labute approximate surface area is 181 Å². The molecule has 170 valence electrons.